The minimum atomic E-state index is -2.93. The Morgan fingerprint density at radius 3 is 2.46 bits per heavy atom. The second kappa shape index (κ2) is 8.99. The normalized spacial score (nSPS) is 11.0. The Bertz CT molecular complexity index is 783. The molecule has 138 valence electrons. The van der Waals surface area contributed by atoms with Gasteiger partial charge in [0.05, 0.1) is 6.61 Å². The number of hydrogen-bond donors (Lipinski definition) is 1. The fourth-order valence-corrected chi connectivity index (χ4v) is 2.44. The third-order valence-corrected chi connectivity index (χ3v) is 3.64. The van der Waals surface area contributed by atoms with Gasteiger partial charge in [-0.05, 0) is 55.7 Å². The summed E-state index contributed by atoms with van der Waals surface area (Å²) >= 11 is 0. The lowest BCUT2D eigenvalue weighted by Crippen LogP contribution is -2.10. The van der Waals surface area contributed by atoms with Crippen molar-refractivity contribution in [2.75, 3.05) is 11.9 Å². The maximum absolute atomic E-state index is 12.4. The number of anilines is 1. The highest BCUT2D eigenvalue weighted by Crippen LogP contribution is 2.30. The van der Waals surface area contributed by atoms with E-state index in [0.717, 1.165) is 16.8 Å². The molecule has 0 aliphatic carbocycles. The molecule has 0 heterocycles. The summed E-state index contributed by atoms with van der Waals surface area (Å²) in [6.07, 6.45) is 2.96. The molecule has 0 radical (unpaired) electrons. The number of ether oxygens (including phenoxy) is 2. The van der Waals surface area contributed by atoms with Crippen LogP contribution in [0.4, 0.5) is 14.5 Å². The number of amides is 1. The van der Waals surface area contributed by atoms with Gasteiger partial charge >= 0.3 is 6.61 Å². The van der Waals surface area contributed by atoms with Crippen LogP contribution in [0.2, 0.25) is 0 Å². The molecule has 6 heteroatoms. The number of alkyl halides is 2. The quantitative estimate of drug-likeness (QED) is 0.710. The molecule has 0 saturated carbocycles. The summed E-state index contributed by atoms with van der Waals surface area (Å²) in [6, 6.07) is 10.3. The second-order valence-corrected chi connectivity index (χ2v) is 5.61. The van der Waals surface area contributed by atoms with Crippen molar-refractivity contribution in [3.05, 3.63) is 59.2 Å². The Labute approximate surface area is 151 Å². The molecule has 0 aliphatic rings. The molecular weight excluding hydrogens is 340 g/mol. The van der Waals surface area contributed by atoms with Gasteiger partial charge in [0, 0.05) is 11.8 Å². The minimum absolute atomic E-state index is 0.0426. The number of rotatable bonds is 7. The summed E-state index contributed by atoms with van der Waals surface area (Å²) in [7, 11) is 0. The Kier molecular flexibility index (Phi) is 6.72. The Balaban J connectivity index is 2.14. The topological polar surface area (TPSA) is 47.6 Å². The SMILES string of the molecule is CCOc1cc(/C=C/C(=O)Nc2c(C)cccc2C)ccc1OC(F)F. The van der Waals surface area contributed by atoms with Gasteiger partial charge in [-0.2, -0.15) is 8.78 Å². The first-order chi connectivity index (χ1) is 12.4. The Morgan fingerprint density at radius 2 is 1.85 bits per heavy atom. The van der Waals surface area contributed by atoms with Crippen molar-refractivity contribution in [2.24, 2.45) is 0 Å². The van der Waals surface area contributed by atoms with Crippen LogP contribution in [0.15, 0.2) is 42.5 Å². The predicted octanol–water partition coefficient (Wildman–Crippen LogP) is 4.96. The van der Waals surface area contributed by atoms with E-state index >= 15 is 0 Å². The zero-order valence-electron chi connectivity index (χ0n) is 14.9. The van der Waals surface area contributed by atoms with Gasteiger partial charge in [0.15, 0.2) is 11.5 Å². The van der Waals surface area contributed by atoms with Gasteiger partial charge < -0.3 is 14.8 Å². The van der Waals surface area contributed by atoms with E-state index in [2.05, 4.69) is 10.1 Å². The highest BCUT2D eigenvalue weighted by molar-refractivity contribution is 6.02. The number of benzene rings is 2. The number of hydrogen-bond acceptors (Lipinski definition) is 3. The lowest BCUT2D eigenvalue weighted by Gasteiger charge is -2.12. The summed E-state index contributed by atoms with van der Waals surface area (Å²) in [4.78, 5) is 12.2. The second-order valence-electron chi connectivity index (χ2n) is 5.61. The summed E-state index contributed by atoms with van der Waals surface area (Å²) in [5.74, 6) is -0.127. The number of carbonyl (C=O) groups is 1. The monoisotopic (exact) mass is 361 g/mol. The van der Waals surface area contributed by atoms with E-state index in [0.29, 0.717) is 12.2 Å². The van der Waals surface area contributed by atoms with Crippen molar-refractivity contribution in [1.29, 1.82) is 0 Å². The third kappa shape index (κ3) is 5.31. The highest BCUT2D eigenvalue weighted by atomic mass is 19.3. The van der Waals surface area contributed by atoms with E-state index < -0.39 is 6.61 Å². The number of carbonyl (C=O) groups excluding carboxylic acids is 1. The minimum Gasteiger partial charge on any atom is -0.490 e. The van der Waals surface area contributed by atoms with Gasteiger partial charge in [-0.25, -0.2) is 0 Å². The fourth-order valence-electron chi connectivity index (χ4n) is 2.44. The van der Waals surface area contributed by atoms with Crippen molar-refractivity contribution < 1.29 is 23.0 Å². The lowest BCUT2D eigenvalue weighted by molar-refractivity contribution is -0.111. The van der Waals surface area contributed by atoms with Gasteiger partial charge in [0.1, 0.15) is 0 Å². The molecule has 0 saturated heterocycles. The van der Waals surface area contributed by atoms with Crippen molar-refractivity contribution in [3.63, 3.8) is 0 Å². The molecule has 2 aromatic carbocycles. The van der Waals surface area contributed by atoms with Crippen LogP contribution in [0.1, 0.15) is 23.6 Å². The van der Waals surface area contributed by atoms with Crippen LogP contribution in [0.25, 0.3) is 6.08 Å². The van der Waals surface area contributed by atoms with Gasteiger partial charge in [-0.1, -0.05) is 24.3 Å². The zero-order chi connectivity index (χ0) is 19.1. The highest BCUT2D eigenvalue weighted by Gasteiger charge is 2.11. The molecule has 0 unspecified atom stereocenters. The first kappa shape index (κ1) is 19.4. The maximum atomic E-state index is 12.4. The van der Waals surface area contributed by atoms with E-state index in [1.807, 2.05) is 32.0 Å². The number of halogens is 2. The van der Waals surface area contributed by atoms with Crippen LogP contribution < -0.4 is 14.8 Å². The smallest absolute Gasteiger partial charge is 0.387 e. The molecule has 0 aromatic heterocycles. The lowest BCUT2D eigenvalue weighted by atomic mass is 10.1. The molecule has 26 heavy (non-hydrogen) atoms. The molecule has 0 spiro atoms. The maximum Gasteiger partial charge on any atom is 0.387 e. The van der Waals surface area contributed by atoms with Gasteiger partial charge in [0.25, 0.3) is 0 Å². The van der Waals surface area contributed by atoms with Crippen molar-refractivity contribution in [1.82, 2.24) is 0 Å². The fraction of sp³-hybridized carbons (Fsp3) is 0.250. The summed E-state index contributed by atoms with van der Waals surface area (Å²) in [5, 5.41) is 2.85. The summed E-state index contributed by atoms with van der Waals surface area (Å²) in [5.41, 5.74) is 3.35. The van der Waals surface area contributed by atoms with Crippen LogP contribution >= 0.6 is 0 Å². The van der Waals surface area contributed by atoms with E-state index in [1.165, 1.54) is 12.1 Å². The molecule has 2 rings (SSSR count). The van der Waals surface area contributed by atoms with Crippen LogP contribution in [0.5, 0.6) is 11.5 Å². The van der Waals surface area contributed by atoms with Crippen LogP contribution in [-0.4, -0.2) is 19.1 Å². The molecule has 0 atom stereocenters. The van der Waals surface area contributed by atoms with Crippen LogP contribution in [-0.2, 0) is 4.79 Å². The summed E-state index contributed by atoms with van der Waals surface area (Å²) in [6.45, 7) is 2.95. The zero-order valence-corrected chi connectivity index (χ0v) is 14.9. The standard InChI is InChI=1S/C20H21F2NO3/c1-4-25-17-12-15(8-10-16(17)26-20(21)22)9-11-18(24)23-19-13(2)6-5-7-14(19)3/h5-12,20H,4H2,1-3H3,(H,23,24)/b11-9+. The van der Waals surface area contributed by atoms with Crippen LogP contribution in [0.3, 0.4) is 0 Å². The van der Waals surface area contributed by atoms with Gasteiger partial charge in [0.2, 0.25) is 5.91 Å². The molecule has 4 nitrogen and oxygen atoms in total. The number of para-hydroxylation sites is 1. The van der Waals surface area contributed by atoms with E-state index in [1.54, 1.807) is 25.1 Å². The van der Waals surface area contributed by atoms with Crippen molar-refractivity contribution >= 4 is 17.7 Å². The molecule has 0 fully saturated rings. The van der Waals surface area contributed by atoms with Gasteiger partial charge in [-0.15, -0.1) is 0 Å². The number of nitrogens with one attached hydrogen (secondary N) is 1. The van der Waals surface area contributed by atoms with E-state index in [4.69, 9.17) is 4.74 Å². The molecular formula is C20H21F2NO3. The molecule has 0 bridgehead atoms. The Hall–Kier alpha value is -2.89. The number of aryl methyl sites for hydroxylation is 2. The van der Waals surface area contributed by atoms with Gasteiger partial charge in [-0.3, -0.25) is 4.79 Å². The largest absolute Gasteiger partial charge is 0.490 e. The first-order valence-corrected chi connectivity index (χ1v) is 8.17. The third-order valence-electron chi connectivity index (χ3n) is 3.64. The molecule has 1 N–H and O–H groups in total. The average Bonchev–Trinajstić information content (AvgIpc) is 2.58. The average molecular weight is 361 g/mol. The van der Waals surface area contributed by atoms with Crippen molar-refractivity contribution in [2.45, 2.75) is 27.4 Å². The molecule has 1 amide bonds. The molecule has 0 aliphatic heterocycles. The first-order valence-electron chi connectivity index (χ1n) is 8.17. The van der Waals surface area contributed by atoms with Crippen molar-refractivity contribution in [3.8, 4) is 11.5 Å². The molecule has 2 aromatic rings. The van der Waals surface area contributed by atoms with Crippen LogP contribution in [0, 0.1) is 13.8 Å². The van der Waals surface area contributed by atoms with E-state index in [-0.39, 0.29) is 17.4 Å². The van der Waals surface area contributed by atoms with E-state index in [9.17, 15) is 13.6 Å². The Morgan fingerprint density at radius 1 is 1.15 bits per heavy atom. The summed E-state index contributed by atoms with van der Waals surface area (Å²) < 4.78 is 34.6. The predicted molar refractivity (Wildman–Crippen MR) is 97.8 cm³/mol.